The van der Waals surface area contributed by atoms with Gasteiger partial charge in [-0.2, -0.15) is 0 Å². The molecule has 166 valence electrons. The highest BCUT2D eigenvalue weighted by atomic mass is 32.2. The van der Waals surface area contributed by atoms with Gasteiger partial charge in [0.25, 0.3) is 10.0 Å². The lowest BCUT2D eigenvalue weighted by Crippen LogP contribution is -2.19. The van der Waals surface area contributed by atoms with E-state index in [9.17, 15) is 13.2 Å². The Hall–Kier alpha value is -3.69. The van der Waals surface area contributed by atoms with Crippen molar-refractivity contribution in [1.29, 1.82) is 0 Å². The molecule has 4 aromatic rings. The number of benzene rings is 3. The fraction of sp³-hybridized carbons (Fsp3) is 0.0417. The van der Waals surface area contributed by atoms with Crippen LogP contribution < -0.4 is 10.0 Å². The van der Waals surface area contributed by atoms with E-state index < -0.39 is 15.3 Å². The molecule has 0 bridgehead atoms. The Balaban J connectivity index is 1.50. The first-order chi connectivity index (χ1) is 16.0. The van der Waals surface area contributed by atoms with Crippen molar-refractivity contribution in [3.8, 4) is 0 Å². The number of hydrogen-bond donors (Lipinski definition) is 2. The molecule has 33 heavy (non-hydrogen) atoms. The summed E-state index contributed by atoms with van der Waals surface area (Å²) in [4.78, 5) is 21.9. The Bertz CT molecular complexity index is 1300. The highest BCUT2D eigenvalue weighted by Gasteiger charge is 2.22. The summed E-state index contributed by atoms with van der Waals surface area (Å²) in [5, 5.41) is 2.41. The van der Waals surface area contributed by atoms with Crippen LogP contribution in [0.5, 0.6) is 0 Å². The van der Waals surface area contributed by atoms with Gasteiger partial charge in [0.2, 0.25) is 11.9 Å². The van der Waals surface area contributed by atoms with E-state index in [-0.39, 0.29) is 16.8 Å². The summed E-state index contributed by atoms with van der Waals surface area (Å²) in [5.74, 6) is -0.222. The minimum Gasteiger partial charge on any atom is -0.325 e. The Morgan fingerprint density at radius 1 is 0.788 bits per heavy atom. The number of nitrogens with one attached hydrogen (secondary N) is 2. The Morgan fingerprint density at radius 2 is 1.39 bits per heavy atom. The molecule has 4 rings (SSSR count). The van der Waals surface area contributed by atoms with Gasteiger partial charge in [0.05, 0.1) is 4.90 Å². The lowest BCUT2D eigenvalue weighted by molar-refractivity contribution is -0.115. The number of carbonyl (C=O) groups excluding carboxylic acids is 1. The minimum absolute atomic E-state index is 0.0153. The SMILES string of the molecule is O=C(Nc1ccc(S(=O)(=O)Nc2ncccn2)cc1)C(Sc1ccccc1)c1ccccc1. The highest BCUT2D eigenvalue weighted by Crippen LogP contribution is 2.36. The van der Waals surface area contributed by atoms with E-state index in [1.54, 1.807) is 18.2 Å². The predicted molar refractivity (Wildman–Crippen MR) is 129 cm³/mol. The van der Waals surface area contributed by atoms with Gasteiger partial charge in [-0.05, 0) is 48.0 Å². The molecular weight excluding hydrogens is 456 g/mol. The molecule has 0 spiro atoms. The van der Waals surface area contributed by atoms with Gasteiger partial charge in [0.1, 0.15) is 5.25 Å². The number of thioether (sulfide) groups is 1. The van der Waals surface area contributed by atoms with Crippen LogP contribution in [0.25, 0.3) is 0 Å². The average Bonchev–Trinajstić information content (AvgIpc) is 2.84. The lowest BCUT2D eigenvalue weighted by Gasteiger charge is -2.17. The molecule has 0 saturated heterocycles. The first-order valence-electron chi connectivity index (χ1n) is 9.99. The Kier molecular flexibility index (Phi) is 7.01. The summed E-state index contributed by atoms with van der Waals surface area (Å²) in [5.41, 5.74) is 1.36. The second kappa shape index (κ2) is 10.3. The van der Waals surface area contributed by atoms with E-state index in [2.05, 4.69) is 20.0 Å². The van der Waals surface area contributed by atoms with Crippen LogP contribution in [0.1, 0.15) is 10.8 Å². The van der Waals surface area contributed by atoms with Crippen molar-refractivity contribution in [2.75, 3.05) is 10.0 Å². The van der Waals surface area contributed by atoms with Crippen molar-refractivity contribution >= 4 is 39.3 Å². The van der Waals surface area contributed by atoms with Crippen LogP contribution in [0.4, 0.5) is 11.6 Å². The third-order valence-electron chi connectivity index (χ3n) is 4.56. The van der Waals surface area contributed by atoms with Crippen LogP contribution in [0.15, 0.2) is 113 Å². The zero-order valence-corrected chi connectivity index (χ0v) is 19.0. The van der Waals surface area contributed by atoms with Crippen LogP contribution >= 0.6 is 11.8 Å². The van der Waals surface area contributed by atoms with Gasteiger partial charge >= 0.3 is 0 Å². The summed E-state index contributed by atoms with van der Waals surface area (Å²) in [6.07, 6.45) is 2.89. The van der Waals surface area contributed by atoms with Crippen LogP contribution in [-0.2, 0) is 14.8 Å². The van der Waals surface area contributed by atoms with Gasteiger partial charge in [0, 0.05) is 23.0 Å². The van der Waals surface area contributed by atoms with E-state index in [1.807, 2.05) is 60.7 Å². The number of anilines is 2. The topological polar surface area (TPSA) is 101 Å². The first kappa shape index (κ1) is 22.5. The van der Waals surface area contributed by atoms with Crippen molar-refractivity contribution in [3.05, 3.63) is 109 Å². The van der Waals surface area contributed by atoms with E-state index in [0.717, 1.165) is 10.5 Å². The molecule has 3 aromatic carbocycles. The molecule has 2 N–H and O–H groups in total. The quantitative estimate of drug-likeness (QED) is 0.356. The number of rotatable bonds is 8. The van der Waals surface area contributed by atoms with Crippen LogP contribution in [0.2, 0.25) is 0 Å². The second-order valence-electron chi connectivity index (χ2n) is 6.91. The van der Waals surface area contributed by atoms with Gasteiger partial charge in [-0.15, -0.1) is 11.8 Å². The van der Waals surface area contributed by atoms with Crippen molar-refractivity contribution < 1.29 is 13.2 Å². The summed E-state index contributed by atoms with van der Waals surface area (Å²) < 4.78 is 27.4. The summed E-state index contributed by atoms with van der Waals surface area (Å²) in [7, 11) is -3.85. The summed E-state index contributed by atoms with van der Waals surface area (Å²) >= 11 is 1.45. The number of amides is 1. The maximum atomic E-state index is 13.2. The molecule has 1 heterocycles. The number of aromatic nitrogens is 2. The molecule has 0 fully saturated rings. The van der Waals surface area contributed by atoms with Crippen molar-refractivity contribution in [3.63, 3.8) is 0 Å². The number of sulfonamides is 1. The average molecular weight is 477 g/mol. The standard InChI is InChI=1S/C24H20N4O3S2/c29-23(22(18-8-3-1-4-9-18)32-20-10-5-2-6-11-20)27-19-12-14-21(15-13-19)33(30,31)28-24-25-16-7-17-26-24/h1-17,22H,(H,27,29)(H,25,26,28). The molecule has 9 heteroatoms. The lowest BCUT2D eigenvalue weighted by atomic mass is 10.1. The Labute approximate surface area is 196 Å². The van der Waals surface area contributed by atoms with E-state index in [0.29, 0.717) is 5.69 Å². The molecule has 7 nitrogen and oxygen atoms in total. The summed E-state index contributed by atoms with van der Waals surface area (Å²) in [6, 6.07) is 26.7. The maximum Gasteiger partial charge on any atom is 0.264 e. The van der Waals surface area contributed by atoms with Crippen molar-refractivity contribution in [1.82, 2.24) is 9.97 Å². The van der Waals surface area contributed by atoms with Crippen LogP contribution in [0.3, 0.4) is 0 Å². The first-order valence-corrected chi connectivity index (χ1v) is 12.3. The fourth-order valence-electron chi connectivity index (χ4n) is 2.99. The predicted octanol–water partition coefficient (Wildman–Crippen LogP) is 4.75. The minimum atomic E-state index is -3.85. The molecule has 1 atom stereocenters. The second-order valence-corrected chi connectivity index (χ2v) is 9.77. The van der Waals surface area contributed by atoms with Gasteiger partial charge < -0.3 is 5.32 Å². The van der Waals surface area contributed by atoms with Gasteiger partial charge in [-0.1, -0.05) is 48.5 Å². The molecule has 0 aliphatic carbocycles. The highest BCUT2D eigenvalue weighted by molar-refractivity contribution is 8.00. The third kappa shape index (κ3) is 5.97. The largest absolute Gasteiger partial charge is 0.325 e. The molecule has 1 aromatic heterocycles. The normalized spacial score (nSPS) is 12.0. The van der Waals surface area contributed by atoms with E-state index in [1.165, 1.54) is 36.3 Å². The molecule has 0 saturated carbocycles. The smallest absolute Gasteiger partial charge is 0.264 e. The Morgan fingerprint density at radius 3 is 2.03 bits per heavy atom. The fourth-order valence-corrected chi connectivity index (χ4v) is 5.00. The molecule has 0 aliphatic heterocycles. The van der Waals surface area contributed by atoms with E-state index in [4.69, 9.17) is 0 Å². The molecule has 1 unspecified atom stereocenters. The molecular formula is C24H20N4O3S2. The van der Waals surface area contributed by atoms with Crippen molar-refractivity contribution in [2.24, 2.45) is 0 Å². The van der Waals surface area contributed by atoms with E-state index >= 15 is 0 Å². The maximum absolute atomic E-state index is 13.2. The van der Waals surface area contributed by atoms with Gasteiger partial charge in [0.15, 0.2) is 0 Å². The monoisotopic (exact) mass is 476 g/mol. The van der Waals surface area contributed by atoms with Crippen LogP contribution in [-0.4, -0.2) is 24.3 Å². The third-order valence-corrected chi connectivity index (χ3v) is 7.17. The van der Waals surface area contributed by atoms with Crippen molar-refractivity contribution in [2.45, 2.75) is 15.0 Å². The van der Waals surface area contributed by atoms with Crippen LogP contribution in [0, 0.1) is 0 Å². The molecule has 1 amide bonds. The van der Waals surface area contributed by atoms with Gasteiger partial charge in [-0.3, -0.25) is 4.79 Å². The number of carbonyl (C=O) groups is 1. The van der Waals surface area contributed by atoms with Gasteiger partial charge in [-0.25, -0.2) is 23.1 Å². The zero-order chi connectivity index (χ0) is 23.1. The number of hydrogen-bond acceptors (Lipinski definition) is 6. The molecule has 0 radical (unpaired) electrons. The summed E-state index contributed by atoms with van der Waals surface area (Å²) in [6.45, 7) is 0. The molecule has 0 aliphatic rings. The zero-order valence-electron chi connectivity index (χ0n) is 17.3. The number of nitrogens with zero attached hydrogens (tertiary/aromatic N) is 2.